The molecule has 0 fully saturated rings. The number of benzene rings is 2. The zero-order valence-corrected chi connectivity index (χ0v) is 17.3. The molecule has 0 aliphatic heterocycles. The second kappa shape index (κ2) is 8.31. The number of carbonyl (C=O) groups is 1. The van der Waals surface area contributed by atoms with Gasteiger partial charge in [0.1, 0.15) is 23.6 Å². The largest absolute Gasteiger partial charge is 0.497 e. The van der Waals surface area contributed by atoms with E-state index in [4.69, 9.17) is 9.47 Å². The van der Waals surface area contributed by atoms with Gasteiger partial charge in [0, 0.05) is 11.5 Å². The minimum atomic E-state index is -0.414. The second-order valence-electron chi connectivity index (χ2n) is 6.82. The van der Waals surface area contributed by atoms with E-state index in [1.54, 1.807) is 43.1 Å². The van der Waals surface area contributed by atoms with E-state index in [-0.39, 0.29) is 6.54 Å². The van der Waals surface area contributed by atoms with Crippen molar-refractivity contribution in [3.05, 3.63) is 70.8 Å². The molecular weight excluding hydrogens is 398 g/mol. The first kappa shape index (κ1) is 20.1. The molecule has 0 saturated heterocycles. The number of nitrogens with one attached hydrogen (secondary N) is 1. The summed E-state index contributed by atoms with van der Waals surface area (Å²) in [5, 5.41) is 12.0. The van der Waals surface area contributed by atoms with Gasteiger partial charge in [-0.3, -0.25) is 9.59 Å². The number of amides is 1. The van der Waals surface area contributed by atoms with Crippen LogP contribution in [0.2, 0.25) is 0 Å². The molecule has 158 valence electrons. The second-order valence-corrected chi connectivity index (χ2v) is 6.82. The summed E-state index contributed by atoms with van der Waals surface area (Å²) >= 11 is 0. The number of anilines is 1. The van der Waals surface area contributed by atoms with Gasteiger partial charge in [-0.15, -0.1) is 0 Å². The molecule has 9 heteroatoms. The number of para-hydroxylation sites is 1. The van der Waals surface area contributed by atoms with Crippen molar-refractivity contribution in [1.82, 2.24) is 19.6 Å². The van der Waals surface area contributed by atoms with Crippen LogP contribution in [0.3, 0.4) is 0 Å². The summed E-state index contributed by atoms with van der Waals surface area (Å²) in [6.45, 7) is 1.52. The van der Waals surface area contributed by atoms with Crippen molar-refractivity contribution >= 4 is 22.5 Å². The van der Waals surface area contributed by atoms with E-state index < -0.39 is 11.5 Å². The lowest BCUT2D eigenvalue weighted by atomic mass is 10.2. The van der Waals surface area contributed by atoms with E-state index in [2.05, 4.69) is 15.5 Å². The maximum atomic E-state index is 13.1. The molecule has 9 nitrogen and oxygen atoms in total. The number of aryl methyl sites for hydroxylation is 1. The molecule has 0 saturated carbocycles. The fraction of sp³-hybridized carbons (Fsp3) is 0.182. The Morgan fingerprint density at radius 3 is 2.58 bits per heavy atom. The van der Waals surface area contributed by atoms with Crippen molar-refractivity contribution in [2.75, 3.05) is 19.5 Å². The lowest BCUT2D eigenvalue weighted by Gasteiger charge is -2.12. The van der Waals surface area contributed by atoms with Crippen LogP contribution in [0, 0.1) is 6.92 Å². The number of carbonyl (C=O) groups excluding carboxylic acids is 1. The molecular formula is C22H21N5O4. The minimum Gasteiger partial charge on any atom is -0.497 e. The van der Waals surface area contributed by atoms with Gasteiger partial charge in [-0.25, -0.2) is 9.36 Å². The van der Waals surface area contributed by atoms with Gasteiger partial charge in [-0.2, -0.15) is 10.2 Å². The van der Waals surface area contributed by atoms with Crippen LogP contribution in [0.15, 0.2) is 59.5 Å². The van der Waals surface area contributed by atoms with Gasteiger partial charge in [0.25, 0.3) is 5.56 Å². The van der Waals surface area contributed by atoms with Crippen molar-refractivity contribution in [1.29, 1.82) is 0 Å². The standard InChI is InChI=1S/C22H21N5O4/c1-14-17-12-23-27(15-7-5-4-6-8-15)21(17)22(29)26(25-14)13-20(28)24-18-10-9-16(30-2)11-19(18)31-3/h4-12H,13H2,1-3H3,(H,24,28). The average molecular weight is 419 g/mol. The van der Waals surface area contributed by atoms with E-state index in [1.165, 1.54) is 7.11 Å². The molecule has 0 radical (unpaired) electrons. The Bertz CT molecular complexity index is 1310. The van der Waals surface area contributed by atoms with Gasteiger partial charge in [0.05, 0.1) is 37.5 Å². The molecule has 31 heavy (non-hydrogen) atoms. The quantitative estimate of drug-likeness (QED) is 0.516. The first-order valence-electron chi connectivity index (χ1n) is 9.54. The monoisotopic (exact) mass is 419 g/mol. The molecule has 0 unspecified atom stereocenters. The summed E-state index contributed by atoms with van der Waals surface area (Å²) < 4.78 is 13.2. The summed E-state index contributed by atoms with van der Waals surface area (Å²) in [4.78, 5) is 25.8. The number of methoxy groups -OCH3 is 2. The zero-order chi connectivity index (χ0) is 22.0. The molecule has 2 aromatic carbocycles. The Hall–Kier alpha value is -4.14. The lowest BCUT2D eigenvalue weighted by Crippen LogP contribution is -2.31. The number of aromatic nitrogens is 4. The van der Waals surface area contributed by atoms with Crippen molar-refractivity contribution in [3.8, 4) is 17.2 Å². The number of rotatable bonds is 6. The van der Waals surface area contributed by atoms with Gasteiger partial charge < -0.3 is 14.8 Å². The maximum Gasteiger partial charge on any atom is 0.293 e. The van der Waals surface area contributed by atoms with E-state index >= 15 is 0 Å². The van der Waals surface area contributed by atoms with Crippen LogP contribution in [-0.2, 0) is 11.3 Å². The highest BCUT2D eigenvalue weighted by atomic mass is 16.5. The van der Waals surface area contributed by atoms with Crippen LogP contribution in [-0.4, -0.2) is 39.7 Å². The number of ether oxygens (including phenoxy) is 2. The Morgan fingerprint density at radius 2 is 1.87 bits per heavy atom. The van der Waals surface area contributed by atoms with Gasteiger partial charge in [-0.1, -0.05) is 18.2 Å². The number of hydrogen-bond acceptors (Lipinski definition) is 6. The summed E-state index contributed by atoms with van der Waals surface area (Å²) in [5.41, 5.74) is 1.78. The van der Waals surface area contributed by atoms with Crippen LogP contribution in [0.4, 0.5) is 5.69 Å². The van der Waals surface area contributed by atoms with Crippen LogP contribution in [0.5, 0.6) is 11.5 Å². The van der Waals surface area contributed by atoms with Crippen molar-refractivity contribution in [2.24, 2.45) is 0 Å². The van der Waals surface area contributed by atoms with Gasteiger partial charge in [0.2, 0.25) is 5.91 Å². The molecule has 4 rings (SSSR count). The smallest absolute Gasteiger partial charge is 0.293 e. The normalized spacial score (nSPS) is 10.8. The Balaban J connectivity index is 1.67. The van der Waals surface area contributed by atoms with E-state index in [1.807, 2.05) is 30.3 Å². The fourth-order valence-corrected chi connectivity index (χ4v) is 3.32. The van der Waals surface area contributed by atoms with Crippen molar-refractivity contribution in [2.45, 2.75) is 13.5 Å². The molecule has 0 spiro atoms. The molecule has 1 N–H and O–H groups in total. The predicted molar refractivity (Wildman–Crippen MR) is 116 cm³/mol. The molecule has 2 heterocycles. The molecule has 1 amide bonds. The molecule has 2 aromatic heterocycles. The van der Waals surface area contributed by atoms with Gasteiger partial charge in [0.15, 0.2) is 0 Å². The minimum absolute atomic E-state index is 0.259. The molecule has 0 atom stereocenters. The molecule has 0 bridgehead atoms. The summed E-state index contributed by atoms with van der Waals surface area (Å²) in [6.07, 6.45) is 1.61. The number of nitrogens with zero attached hydrogens (tertiary/aromatic N) is 4. The average Bonchev–Trinajstić information content (AvgIpc) is 3.24. The third-order valence-corrected chi connectivity index (χ3v) is 4.84. The third-order valence-electron chi connectivity index (χ3n) is 4.84. The van der Waals surface area contributed by atoms with E-state index in [0.29, 0.717) is 33.8 Å². The highest BCUT2D eigenvalue weighted by molar-refractivity contribution is 5.92. The summed E-state index contributed by atoms with van der Waals surface area (Å²) in [5.74, 6) is 0.632. The van der Waals surface area contributed by atoms with Gasteiger partial charge in [-0.05, 0) is 31.2 Å². The number of fused-ring (bicyclic) bond motifs is 1. The summed E-state index contributed by atoms with van der Waals surface area (Å²) in [6, 6.07) is 14.4. The SMILES string of the molecule is COc1ccc(NC(=O)Cn2nc(C)c3cnn(-c4ccccc4)c3c2=O)c(OC)c1. The van der Waals surface area contributed by atoms with Crippen LogP contribution in [0.1, 0.15) is 5.69 Å². The van der Waals surface area contributed by atoms with Crippen LogP contribution in [0.25, 0.3) is 16.6 Å². The Morgan fingerprint density at radius 1 is 1.10 bits per heavy atom. The topological polar surface area (TPSA) is 100 Å². The third kappa shape index (κ3) is 3.85. The van der Waals surface area contributed by atoms with Crippen molar-refractivity contribution < 1.29 is 14.3 Å². The van der Waals surface area contributed by atoms with Crippen LogP contribution < -0.4 is 20.3 Å². The molecule has 0 aliphatic carbocycles. The zero-order valence-electron chi connectivity index (χ0n) is 17.3. The predicted octanol–water partition coefficient (Wildman–Crippen LogP) is 2.55. The highest BCUT2D eigenvalue weighted by Crippen LogP contribution is 2.29. The van der Waals surface area contributed by atoms with Crippen LogP contribution >= 0.6 is 0 Å². The van der Waals surface area contributed by atoms with E-state index in [0.717, 1.165) is 10.4 Å². The fourth-order valence-electron chi connectivity index (χ4n) is 3.32. The number of hydrogen-bond donors (Lipinski definition) is 1. The van der Waals surface area contributed by atoms with E-state index in [9.17, 15) is 9.59 Å². The molecule has 4 aromatic rings. The Labute approximate surface area is 177 Å². The molecule has 0 aliphatic rings. The Kier molecular flexibility index (Phi) is 5.40. The maximum absolute atomic E-state index is 13.1. The highest BCUT2D eigenvalue weighted by Gasteiger charge is 2.17. The first-order valence-corrected chi connectivity index (χ1v) is 9.54. The first-order chi connectivity index (χ1) is 15.0. The lowest BCUT2D eigenvalue weighted by molar-refractivity contribution is -0.117. The van der Waals surface area contributed by atoms with Crippen molar-refractivity contribution in [3.63, 3.8) is 0 Å². The van der Waals surface area contributed by atoms with Gasteiger partial charge >= 0.3 is 0 Å². The summed E-state index contributed by atoms with van der Waals surface area (Å²) in [7, 11) is 3.04.